The average Bonchev–Trinajstić information content (AvgIpc) is 2.27. The Morgan fingerprint density at radius 1 is 1.53 bits per heavy atom. The Morgan fingerprint density at radius 2 is 2.18 bits per heavy atom. The molecule has 0 amide bonds. The van der Waals surface area contributed by atoms with E-state index in [1.807, 2.05) is 6.92 Å². The highest BCUT2D eigenvalue weighted by atomic mass is 35.5. The molecule has 0 aromatic heterocycles. The van der Waals surface area contributed by atoms with E-state index in [4.69, 9.17) is 21.4 Å². The lowest BCUT2D eigenvalue weighted by Crippen LogP contribution is -1.99. The van der Waals surface area contributed by atoms with Crippen molar-refractivity contribution in [2.75, 3.05) is 7.11 Å². The molecule has 0 spiro atoms. The molecule has 5 heteroatoms. The van der Waals surface area contributed by atoms with Crippen molar-refractivity contribution < 1.29 is 19.7 Å². The molecule has 0 radical (unpaired) electrons. The summed E-state index contributed by atoms with van der Waals surface area (Å²) in [6.07, 6.45) is 1.10. The first kappa shape index (κ1) is 13.6. The van der Waals surface area contributed by atoms with Gasteiger partial charge in [0.05, 0.1) is 12.1 Å². The van der Waals surface area contributed by atoms with Crippen LogP contribution in [-0.4, -0.2) is 23.3 Å². The molecular weight excluding hydrogens is 244 g/mol. The predicted molar refractivity (Wildman–Crippen MR) is 65.0 cm³/mol. The number of ether oxygens (including phenoxy) is 1. The monoisotopic (exact) mass is 258 g/mol. The highest BCUT2D eigenvalue weighted by Gasteiger charge is 2.14. The first-order valence-corrected chi connectivity index (χ1v) is 5.62. The van der Waals surface area contributed by atoms with E-state index in [2.05, 4.69) is 0 Å². The van der Waals surface area contributed by atoms with E-state index in [1.54, 1.807) is 6.07 Å². The minimum atomic E-state index is -0.837. The molecule has 1 aromatic rings. The number of carboxylic acids is 1. The highest BCUT2D eigenvalue weighted by molar-refractivity contribution is 6.33. The van der Waals surface area contributed by atoms with Gasteiger partial charge in [-0.2, -0.15) is 0 Å². The average molecular weight is 259 g/mol. The topological polar surface area (TPSA) is 66.8 Å². The van der Waals surface area contributed by atoms with E-state index < -0.39 is 5.97 Å². The molecule has 2 N–H and O–H groups in total. The number of aryl methyl sites for hydroxylation is 1. The number of phenolic OH excluding ortho intramolecular Hbond substituents is 1. The highest BCUT2D eigenvalue weighted by Crippen LogP contribution is 2.38. The van der Waals surface area contributed by atoms with Gasteiger partial charge in [-0.25, -0.2) is 0 Å². The summed E-state index contributed by atoms with van der Waals surface area (Å²) in [5.74, 6) is -0.601. The third-order valence-corrected chi connectivity index (χ3v) is 2.97. The normalized spacial score (nSPS) is 10.3. The van der Waals surface area contributed by atoms with E-state index in [9.17, 15) is 9.90 Å². The fraction of sp³-hybridized carbons (Fsp3) is 0.417. The number of carbonyl (C=O) groups is 1. The van der Waals surface area contributed by atoms with Gasteiger partial charge >= 0.3 is 5.97 Å². The molecule has 0 saturated carbocycles. The molecule has 0 atom stereocenters. The summed E-state index contributed by atoms with van der Waals surface area (Å²) < 4.78 is 4.98. The van der Waals surface area contributed by atoms with Crippen molar-refractivity contribution in [2.45, 2.75) is 26.2 Å². The summed E-state index contributed by atoms with van der Waals surface area (Å²) in [4.78, 5) is 10.4. The summed E-state index contributed by atoms with van der Waals surface area (Å²) in [6.45, 7) is 1.85. The zero-order valence-electron chi connectivity index (χ0n) is 9.79. The van der Waals surface area contributed by atoms with Gasteiger partial charge in [-0.15, -0.1) is 0 Å². The van der Waals surface area contributed by atoms with E-state index in [0.29, 0.717) is 18.6 Å². The van der Waals surface area contributed by atoms with Gasteiger partial charge in [-0.05, 0) is 37.0 Å². The van der Waals surface area contributed by atoms with Crippen molar-refractivity contribution in [3.8, 4) is 11.5 Å². The minimum absolute atomic E-state index is 0.0859. The molecule has 0 aliphatic rings. The number of benzene rings is 1. The van der Waals surface area contributed by atoms with Crippen molar-refractivity contribution in [1.82, 2.24) is 0 Å². The van der Waals surface area contributed by atoms with Gasteiger partial charge in [0.2, 0.25) is 0 Å². The van der Waals surface area contributed by atoms with Crippen LogP contribution in [0.25, 0.3) is 0 Å². The van der Waals surface area contributed by atoms with E-state index in [0.717, 1.165) is 11.1 Å². The Kier molecular flexibility index (Phi) is 4.63. The molecular formula is C12H15ClO4. The molecule has 0 aliphatic heterocycles. The quantitative estimate of drug-likeness (QED) is 0.852. The minimum Gasteiger partial charge on any atom is -0.503 e. The van der Waals surface area contributed by atoms with Crippen LogP contribution in [0.1, 0.15) is 24.0 Å². The number of methoxy groups -OCH3 is 1. The fourth-order valence-corrected chi connectivity index (χ4v) is 1.99. The Morgan fingerprint density at radius 3 is 2.71 bits per heavy atom. The van der Waals surface area contributed by atoms with Gasteiger partial charge in [0.25, 0.3) is 0 Å². The maximum absolute atomic E-state index is 10.4. The van der Waals surface area contributed by atoms with Crippen molar-refractivity contribution >= 4 is 17.6 Å². The van der Waals surface area contributed by atoms with Crippen molar-refractivity contribution in [3.05, 3.63) is 22.2 Å². The van der Waals surface area contributed by atoms with E-state index in [-0.39, 0.29) is 17.2 Å². The van der Waals surface area contributed by atoms with Crippen LogP contribution < -0.4 is 4.74 Å². The van der Waals surface area contributed by atoms with Gasteiger partial charge < -0.3 is 14.9 Å². The third-order valence-electron chi connectivity index (χ3n) is 2.57. The standard InChI is InChI=1S/C12H15ClO4/c1-7-6-9(17-2)12(16)11(13)8(7)4-3-5-10(14)15/h6,16H,3-5H2,1-2H3,(H,14,15). The van der Waals surface area contributed by atoms with Crippen LogP contribution in [0.2, 0.25) is 5.02 Å². The molecule has 1 rings (SSSR count). The third kappa shape index (κ3) is 3.27. The molecule has 0 bridgehead atoms. The van der Waals surface area contributed by atoms with Crippen LogP contribution in [0.4, 0.5) is 0 Å². The molecule has 4 nitrogen and oxygen atoms in total. The Hall–Kier alpha value is -1.42. The fourth-order valence-electron chi connectivity index (χ4n) is 1.66. The second-order valence-electron chi connectivity index (χ2n) is 3.78. The summed E-state index contributed by atoms with van der Waals surface area (Å²) in [7, 11) is 1.45. The van der Waals surface area contributed by atoms with Crippen LogP contribution in [-0.2, 0) is 11.2 Å². The van der Waals surface area contributed by atoms with Crippen LogP contribution in [0.3, 0.4) is 0 Å². The number of hydrogen-bond donors (Lipinski definition) is 2. The Bertz CT molecular complexity index is 429. The summed E-state index contributed by atoms with van der Waals surface area (Å²) >= 11 is 6.02. The van der Waals surface area contributed by atoms with Gasteiger partial charge in [-0.1, -0.05) is 11.6 Å². The number of aliphatic carboxylic acids is 1. The summed E-state index contributed by atoms with van der Waals surface area (Å²) in [6, 6.07) is 1.69. The van der Waals surface area contributed by atoms with Gasteiger partial charge in [0, 0.05) is 6.42 Å². The molecule has 94 valence electrons. The largest absolute Gasteiger partial charge is 0.503 e. The van der Waals surface area contributed by atoms with E-state index in [1.165, 1.54) is 7.11 Å². The lowest BCUT2D eigenvalue weighted by molar-refractivity contribution is -0.137. The van der Waals surface area contributed by atoms with Crippen molar-refractivity contribution in [3.63, 3.8) is 0 Å². The smallest absolute Gasteiger partial charge is 0.303 e. The summed E-state index contributed by atoms with van der Waals surface area (Å²) in [5.41, 5.74) is 1.65. The van der Waals surface area contributed by atoms with Crippen LogP contribution in [0, 0.1) is 6.92 Å². The zero-order valence-corrected chi connectivity index (χ0v) is 10.5. The molecule has 0 saturated heterocycles. The molecule has 0 heterocycles. The van der Waals surface area contributed by atoms with Gasteiger partial charge in [-0.3, -0.25) is 4.79 Å². The van der Waals surface area contributed by atoms with Gasteiger partial charge in [0.1, 0.15) is 0 Å². The van der Waals surface area contributed by atoms with Crippen molar-refractivity contribution in [2.24, 2.45) is 0 Å². The number of hydrogen-bond acceptors (Lipinski definition) is 3. The molecule has 0 fully saturated rings. The van der Waals surface area contributed by atoms with E-state index >= 15 is 0 Å². The molecule has 0 unspecified atom stereocenters. The number of phenols is 1. The summed E-state index contributed by atoms with van der Waals surface area (Å²) in [5, 5.41) is 18.5. The van der Waals surface area contributed by atoms with Crippen LogP contribution in [0.15, 0.2) is 6.07 Å². The SMILES string of the molecule is COc1cc(C)c(CCCC(=O)O)c(Cl)c1O. The van der Waals surface area contributed by atoms with Crippen LogP contribution in [0.5, 0.6) is 11.5 Å². The Labute approximate surface area is 105 Å². The molecule has 0 aliphatic carbocycles. The number of aromatic hydroxyl groups is 1. The maximum Gasteiger partial charge on any atom is 0.303 e. The predicted octanol–water partition coefficient (Wildman–Crippen LogP) is 2.77. The van der Waals surface area contributed by atoms with Gasteiger partial charge in [0.15, 0.2) is 11.5 Å². The lowest BCUT2D eigenvalue weighted by Gasteiger charge is -2.12. The first-order chi connectivity index (χ1) is 7.97. The number of rotatable bonds is 5. The maximum atomic E-state index is 10.4. The second kappa shape index (κ2) is 5.77. The Balaban J connectivity index is 2.92. The van der Waals surface area contributed by atoms with Crippen LogP contribution >= 0.6 is 11.6 Å². The number of carboxylic acid groups (broad SMARTS) is 1. The molecule has 17 heavy (non-hydrogen) atoms. The van der Waals surface area contributed by atoms with Crippen molar-refractivity contribution in [1.29, 1.82) is 0 Å². The second-order valence-corrected chi connectivity index (χ2v) is 4.16. The number of halogens is 1. The first-order valence-electron chi connectivity index (χ1n) is 5.24. The lowest BCUT2D eigenvalue weighted by atomic mass is 10.0. The molecule has 1 aromatic carbocycles. The zero-order chi connectivity index (χ0) is 13.0.